The van der Waals surface area contributed by atoms with Gasteiger partial charge in [-0.2, -0.15) is 4.73 Å². The van der Waals surface area contributed by atoms with Crippen LogP contribution in [0.1, 0.15) is 18.1 Å². The van der Waals surface area contributed by atoms with E-state index in [1.54, 1.807) is 30.3 Å². The van der Waals surface area contributed by atoms with E-state index in [1.807, 2.05) is 6.92 Å². The van der Waals surface area contributed by atoms with Crippen molar-refractivity contribution in [2.24, 2.45) is 0 Å². The Morgan fingerprint density at radius 2 is 1.96 bits per heavy atom. The van der Waals surface area contributed by atoms with Gasteiger partial charge in [0.05, 0.1) is 10.2 Å². The monoisotopic (exact) mass is 344 g/mol. The second-order valence-corrected chi connectivity index (χ2v) is 6.24. The molecular weight excluding hydrogens is 332 g/mol. The molecule has 122 valence electrons. The van der Waals surface area contributed by atoms with Crippen LogP contribution in [0.3, 0.4) is 0 Å². The molecule has 0 bridgehead atoms. The van der Waals surface area contributed by atoms with Gasteiger partial charge in [0.1, 0.15) is 0 Å². The Bertz CT molecular complexity index is 866. The Morgan fingerprint density at radius 3 is 2.62 bits per heavy atom. The first kappa shape index (κ1) is 15.9. The minimum absolute atomic E-state index is 0.00788. The molecule has 0 fully saturated rings. The number of hydrogen-bond donors (Lipinski definition) is 0. The standard InChI is InChI=1S/C15H12N4O4S/c1-10(24-13-4-2-3-9-18(13)20)14-16-17-15(23-14)11-5-7-12(8-6-11)19(21)22/h2-10H,1H3/t10-/m0/s1. The lowest BCUT2D eigenvalue weighted by molar-refractivity contribution is -0.645. The van der Waals surface area contributed by atoms with E-state index >= 15 is 0 Å². The predicted molar refractivity (Wildman–Crippen MR) is 86.1 cm³/mol. The summed E-state index contributed by atoms with van der Waals surface area (Å²) in [4.78, 5) is 10.2. The molecule has 0 aliphatic heterocycles. The maximum absolute atomic E-state index is 11.7. The number of benzene rings is 1. The highest BCUT2D eigenvalue weighted by Crippen LogP contribution is 2.33. The topological polar surface area (TPSA) is 109 Å². The van der Waals surface area contributed by atoms with Crippen LogP contribution in [0.15, 0.2) is 58.1 Å². The van der Waals surface area contributed by atoms with Crippen LogP contribution in [0.5, 0.6) is 0 Å². The molecule has 0 amide bonds. The number of thioether (sulfide) groups is 1. The van der Waals surface area contributed by atoms with Crippen molar-refractivity contribution in [1.29, 1.82) is 0 Å². The zero-order chi connectivity index (χ0) is 17.1. The molecule has 8 nitrogen and oxygen atoms in total. The zero-order valence-corrected chi connectivity index (χ0v) is 13.3. The van der Waals surface area contributed by atoms with Crippen molar-refractivity contribution in [3.8, 4) is 11.5 Å². The summed E-state index contributed by atoms with van der Waals surface area (Å²) in [6.07, 6.45) is 1.42. The smallest absolute Gasteiger partial charge is 0.269 e. The molecule has 0 N–H and O–H groups in total. The van der Waals surface area contributed by atoms with Crippen molar-refractivity contribution in [1.82, 2.24) is 10.2 Å². The maximum atomic E-state index is 11.7. The lowest BCUT2D eigenvalue weighted by Gasteiger charge is -2.06. The summed E-state index contributed by atoms with van der Waals surface area (Å²) in [7, 11) is 0. The van der Waals surface area contributed by atoms with Crippen LogP contribution in [-0.4, -0.2) is 15.1 Å². The fourth-order valence-corrected chi connectivity index (χ4v) is 2.86. The Morgan fingerprint density at radius 1 is 1.21 bits per heavy atom. The van der Waals surface area contributed by atoms with Gasteiger partial charge in [-0.3, -0.25) is 10.1 Å². The normalized spacial score (nSPS) is 12.0. The van der Waals surface area contributed by atoms with Crippen molar-refractivity contribution in [3.05, 3.63) is 69.9 Å². The second-order valence-electron chi connectivity index (χ2n) is 4.87. The summed E-state index contributed by atoms with van der Waals surface area (Å²) in [6, 6.07) is 11.0. The highest BCUT2D eigenvalue weighted by Gasteiger charge is 2.20. The van der Waals surface area contributed by atoms with Crippen molar-refractivity contribution in [2.45, 2.75) is 17.2 Å². The number of pyridine rings is 1. The second kappa shape index (κ2) is 6.67. The molecule has 2 aromatic heterocycles. The van der Waals surface area contributed by atoms with Crippen LogP contribution < -0.4 is 4.73 Å². The Balaban J connectivity index is 1.77. The third-order valence-electron chi connectivity index (χ3n) is 3.20. The molecular formula is C15H12N4O4S. The van der Waals surface area contributed by atoms with Gasteiger partial charge in [-0.15, -0.1) is 10.2 Å². The van der Waals surface area contributed by atoms with Gasteiger partial charge in [-0.1, -0.05) is 0 Å². The minimum Gasteiger partial charge on any atom is -0.618 e. The summed E-state index contributed by atoms with van der Waals surface area (Å²) in [5.41, 5.74) is 0.585. The molecule has 3 rings (SSSR count). The average molecular weight is 344 g/mol. The third-order valence-corrected chi connectivity index (χ3v) is 4.31. The number of non-ortho nitro benzene ring substituents is 1. The molecule has 0 saturated heterocycles. The molecule has 1 aromatic carbocycles. The summed E-state index contributed by atoms with van der Waals surface area (Å²) in [6.45, 7) is 1.85. The van der Waals surface area contributed by atoms with E-state index in [0.29, 0.717) is 16.5 Å². The lowest BCUT2D eigenvalue weighted by atomic mass is 10.2. The molecule has 0 unspecified atom stereocenters. The fourth-order valence-electron chi connectivity index (χ4n) is 1.98. The first-order valence-corrected chi connectivity index (χ1v) is 7.85. The summed E-state index contributed by atoms with van der Waals surface area (Å²) in [5.74, 6) is 0.646. The predicted octanol–water partition coefficient (Wildman–Crippen LogP) is 3.13. The number of hydrogen-bond acceptors (Lipinski definition) is 7. The molecule has 3 aromatic rings. The highest BCUT2D eigenvalue weighted by molar-refractivity contribution is 7.99. The van der Waals surface area contributed by atoms with Gasteiger partial charge in [-0.05, 0) is 36.9 Å². The van der Waals surface area contributed by atoms with Gasteiger partial charge in [0.2, 0.25) is 11.8 Å². The van der Waals surface area contributed by atoms with E-state index in [2.05, 4.69) is 10.2 Å². The first-order chi connectivity index (χ1) is 11.5. The van der Waals surface area contributed by atoms with Crippen LogP contribution >= 0.6 is 11.8 Å². The number of nitro groups is 1. The van der Waals surface area contributed by atoms with Gasteiger partial charge >= 0.3 is 0 Å². The summed E-state index contributed by atoms with van der Waals surface area (Å²) in [5, 5.41) is 30.6. The number of nitrogens with zero attached hydrogens (tertiary/aromatic N) is 4. The van der Waals surface area contributed by atoms with Crippen LogP contribution in [0.25, 0.3) is 11.5 Å². The van der Waals surface area contributed by atoms with E-state index in [9.17, 15) is 15.3 Å². The molecule has 0 aliphatic carbocycles. The Kier molecular flexibility index (Phi) is 4.43. The van der Waals surface area contributed by atoms with Crippen LogP contribution in [-0.2, 0) is 0 Å². The maximum Gasteiger partial charge on any atom is 0.269 e. The number of nitro benzene ring substituents is 1. The van der Waals surface area contributed by atoms with E-state index in [4.69, 9.17) is 4.42 Å². The van der Waals surface area contributed by atoms with Crippen LogP contribution in [0.2, 0.25) is 0 Å². The Labute approximate surface area is 140 Å². The third kappa shape index (κ3) is 3.35. The van der Waals surface area contributed by atoms with Crippen LogP contribution in [0.4, 0.5) is 5.69 Å². The highest BCUT2D eigenvalue weighted by atomic mass is 32.2. The zero-order valence-electron chi connectivity index (χ0n) is 12.5. The quantitative estimate of drug-likeness (QED) is 0.230. The fraction of sp³-hybridized carbons (Fsp3) is 0.133. The minimum atomic E-state index is -0.472. The average Bonchev–Trinajstić information content (AvgIpc) is 3.07. The number of rotatable bonds is 5. The summed E-state index contributed by atoms with van der Waals surface area (Å²) >= 11 is 1.30. The van der Waals surface area contributed by atoms with Gasteiger partial charge in [0.15, 0.2) is 6.20 Å². The summed E-state index contributed by atoms with van der Waals surface area (Å²) < 4.78 is 6.39. The lowest BCUT2D eigenvalue weighted by Crippen LogP contribution is -2.27. The van der Waals surface area contributed by atoms with Crippen molar-refractivity contribution in [3.63, 3.8) is 0 Å². The largest absolute Gasteiger partial charge is 0.618 e. The number of aromatic nitrogens is 3. The molecule has 0 radical (unpaired) electrons. The SMILES string of the molecule is C[C@H](Sc1cccc[n+]1[O-])c1nnc(-c2ccc([N+](=O)[O-])cc2)o1. The molecule has 24 heavy (non-hydrogen) atoms. The van der Waals surface area contributed by atoms with Gasteiger partial charge in [0.25, 0.3) is 10.7 Å². The molecule has 0 spiro atoms. The molecule has 1 atom stereocenters. The Hall–Kier alpha value is -2.94. The van der Waals surface area contributed by atoms with E-state index in [0.717, 1.165) is 4.73 Å². The first-order valence-electron chi connectivity index (χ1n) is 6.97. The molecule has 0 aliphatic rings. The van der Waals surface area contributed by atoms with Crippen LogP contribution in [0, 0.1) is 15.3 Å². The molecule has 9 heteroatoms. The van der Waals surface area contributed by atoms with Gasteiger partial charge in [-0.25, -0.2) is 0 Å². The van der Waals surface area contributed by atoms with Crippen molar-refractivity contribution < 1.29 is 14.1 Å². The van der Waals surface area contributed by atoms with E-state index < -0.39 is 4.92 Å². The molecule has 2 heterocycles. The van der Waals surface area contributed by atoms with Crippen molar-refractivity contribution in [2.75, 3.05) is 0 Å². The van der Waals surface area contributed by atoms with Gasteiger partial charge < -0.3 is 9.62 Å². The van der Waals surface area contributed by atoms with Gasteiger partial charge in [0, 0.05) is 29.8 Å². The van der Waals surface area contributed by atoms with E-state index in [1.165, 1.54) is 30.1 Å². The molecule has 0 saturated carbocycles. The van der Waals surface area contributed by atoms with E-state index in [-0.39, 0.29) is 16.8 Å². The van der Waals surface area contributed by atoms with Crippen molar-refractivity contribution >= 4 is 17.4 Å².